The van der Waals surface area contributed by atoms with Crippen molar-refractivity contribution in [2.24, 2.45) is 5.92 Å². The van der Waals surface area contributed by atoms with Gasteiger partial charge in [-0.3, -0.25) is 0 Å². The SMILES string of the molecule is CCCOC(=O)c1ccc(NCC2CCOC2)cc1. The number of carbonyl (C=O) groups excluding carboxylic acids is 1. The Balaban J connectivity index is 1.81. The fraction of sp³-hybridized carbons (Fsp3) is 0.533. The summed E-state index contributed by atoms with van der Waals surface area (Å²) in [6, 6.07) is 7.42. The third-order valence-corrected chi connectivity index (χ3v) is 3.18. The van der Waals surface area contributed by atoms with Crippen LogP contribution in [-0.2, 0) is 9.47 Å². The molecule has 4 nitrogen and oxygen atoms in total. The first-order valence-corrected chi connectivity index (χ1v) is 6.88. The maximum absolute atomic E-state index is 11.6. The van der Waals surface area contributed by atoms with Crippen molar-refractivity contribution in [1.29, 1.82) is 0 Å². The highest BCUT2D eigenvalue weighted by Crippen LogP contribution is 2.15. The predicted octanol–water partition coefficient (Wildman–Crippen LogP) is 2.70. The van der Waals surface area contributed by atoms with E-state index in [0.29, 0.717) is 18.1 Å². The smallest absolute Gasteiger partial charge is 0.338 e. The van der Waals surface area contributed by atoms with E-state index in [1.807, 2.05) is 19.1 Å². The maximum atomic E-state index is 11.6. The van der Waals surface area contributed by atoms with E-state index >= 15 is 0 Å². The number of rotatable bonds is 6. The lowest BCUT2D eigenvalue weighted by Crippen LogP contribution is -2.14. The summed E-state index contributed by atoms with van der Waals surface area (Å²) in [6.45, 7) is 5.08. The zero-order valence-corrected chi connectivity index (χ0v) is 11.4. The van der Waals surface area contributed by atoms with E-state index in [1.54, 1.807) is 12.1 Å². The lowest BCUT2D eigenvalue weighted by atomic mass is 10.1. The molecule has 1 N–H and O–H groups in total. The highest BCUT2D eigenvalue weighted by molar-refractivity contribution is 5.89. The summed E-state index contributed by atoms with van der Waals surface area (Å²) >= 11 is 0. The zero-order valence-electron chi connectivity index (χ0n) is 11.4. The molecule has 1 saturated heterocycles. The summed E-state index contributed by atoms with van der Waals surface area (Å²) in [4.78, 5) is 11.6. The van der Waals surface area contributed by atoms with Gasteiger partial charge < -0.3 is 14.8 Å². The first kappa shape index (κ1) is 13.9. The molecule has 0 aliphatic carbocycles. The molecule has 1 heterocycles. The van der Waals surface area contributed by atoms with Crippen LogP contribution in [0, 0.1) is 5.92 Å². The number of carbonyl (C=O) groups is 1. The Kier molecular flexibility index (Phi) is 5.21. The molecule has 0 radical (unpaired) electrons. The van der Waals surface area contributed by atoms with Gasteiger partial charge in [0.15, 0.2) is 0 Å². The quantitative estimate of drug-likeness (QED) is 0.802. The Hall–Kier alpha value is -1.55. The topological polar surface area (TPSA) is 47.6 Å². The average molecular weight is 263 g/mol. The summed E-state index contributed by atoms with van der Waals surface area (Å²) < 4.78 is 10.4. The molecule has 0 saturated carbocycles. The van der Waals surface area contributed by atoms with Crippen LogP contribution in [0.2, 0.25) is 0 Å². The normalized spacial score (nSPS) is 18.3. The van der Waals surface area contributed by atoms with Crippen LogP contribution < -0.4 is 5.32 Å². The van der Waals surface area contributed by atoms with Crippen molar-refractivity contribution in [3.8, 4) is 0 Å². The van der Waals surface area contributed by atoms with Crippen molar-refractivity contribution in [2.45, 2.75) is 19.8 Å². The molecule has 1 fully saturated rings. The summed E-state index contributed by atoms with van der Waals surface area (Å²) in [6.07, 6.45) is 1.96. The van der Waals surface area contributed by atoms with Gasteiger partial charge in [0.25, 0.3) is 0 Å². The summed E-state index contributed by atoms with van der Waals surface area (Å²) in [5.41, 5.74) is 1.63. The fourth-order valence-corrected chi connectivity index (χ4v) is 2.01. The van der Waals surface area contributed by atoms with Crippen molar-refractivity contribution in [2.75, 3.05) is 31.7 Å². The molecule has 1 aliphatic heterocycles. The molecule has 0 amide bonds. The van der Waals surface area contributed by atoms with E-state index in [1.165, 1.54) is 0 Å². The fourth-order valence-electron chi connectivity index (χ4n) is 2.01. The number of esters is 1. The van der Waals surface area contributed by atoms with Gasteiger partial charge in [-0.15, -0.1) is 0 Å². The van der Waals surface area contributed by atoms with Crippen LogP contribution >= 0.6 is 0 Å². The molecule has 1 aromatic rings. The van der Waals surface area contributed by atoms with E-state index in [0.717, 1.165) is 38.3 Å². The van der Waals surface area contributed by atoms with Crippen LogP contribution in [0.1, 0.15) is 30.1 Å². The molecule has 1 aliphatic rings. The van der Waals surface area contributed by atoms with Crippen LogP contribution in [-0.4, -0.2) is 32.3 Å². The second-order valence-corrected chi connectivity index (χ2v) is 4.82. The number of benzene rings is 1. The Bertz CT molecular complexity index is 396. The molecule has 2 rings (SSSR count). The van der Waals surface area contributed by atoms with Gasteiger partial charge in [-0.05, 0) is 37.1 Å². The van der Waals surface area contributed by atoms with Gasteiger partial charge in [-0.1, -0.05) is 6.92 Å². The molecule has 19 heavy (non-hydrogen) atoms. The van der Waals surface area contributed by atoms with Gasteiger partial charge in [-0.2, -0.15) is 0 Å². The van der Waals surface area contributed by atoms with Crippen LogP contribution in [0.15, 0.2) is 24.3 Å². The Morgan fingerprint density at radius 1 is 1.42 bits per heavy atom. The number of anilines is 1. The lowest BCUT2D eigenvalue weighted by Gasteiger charge is -2.11. The molecular formula is C15H21NO3. The van der Waals surface area contributed by atoms with Crippen LogP contribution in [0.25, 0.3) is 0 Å². The van der Waals surface area contributed by atoms with Crippen molar-refractivity contribution in [3.05, 3.63) is 29.8 Å². The third kappa shape index (κ3) is 4.24. The standard InChI is InChI=1S/C15H21NO3/c1-2-8-19-15(17)13-3-5-14(6-4-13)16-10-12-7-9-18-11-12/h3-6,12,16H,2,7-11H2,1H3. The molecule has 0 bridgehead atoms. The number of nitrogens with one attached hydrogen (secondary N) is 1. The third-order valence-electron chi connectivity index (χ3n) is 3.18. The Morgan fingerprint density at radius 2 is 2.21 bits per heavy atom. The highest BCUT2D eigenvalue weighted by atomic mass is 16.5. The second kappa shape index (κ2) is 7.14. The number of hydrogen-bond acceptors (Lipinski definition) is 4. The molecule has 0 spiro atoms. The minimum absolute atomic E-state index is 0.252. The maximum Gasteiger partial charge on any atom is 0.338 e. The van der Waals surface area contributed by atoms with Crippen molar-refractivity contribution >= 4 is 11.7 Å². The predicted molar refractivity (Wildman–Crippen MR) is 74.4 cm³/mol. The largest absolute Gasteiger partial charge is 0.462 e. The molecule has 1 atom stereocenters. The minimum atomic E-state index is -0.252. The van der Waals surface area contributed by atoms with Crippen molar-refractivity contribution < 1.29 is 14.3 Å². The summed E-state index contributed by atoms with van der Waals surface area (Å²) in [5, 5.41) is 3.36. The van der Waals surface area contributed by atoms with Crippen LogP contribution in [0.3, 0.4) is 0 Å². The minimum Gasteiger partial charge on any atom is -0.462 e. The Morgan fingerprint density at radius 3 is 2.84 bits per heavy atom. The van der Waals surface area contributed by atoms with Crippen LogP contribution in [0.5, 0.6) is 0 Å². The molecule has 1 aromatic carbocycles. The highest BCUT2D eigenvalue weighted by Gasteiger charge is 2.15. The first-order chi connectivity index (χ1) is 9.29. The van der Waals surface area contributed by atoms with Crippen molar-refractivity contribution in [3.63, 3.8) is 0 Å². The molecule has 1 unspecified atom stereocenters. The van der Waals surface area contributed by atoms with E-state index in [9.17, 15) is 4.79 Å². The van der Waals surface area contributed by atoms with Crippen LogP contribution in [0.4, 0.5) is 5.69 Å². The zero-order chi connectivity index (χ0) is 13.5. The lowest BCUT2D eigenvalue weighted by molar-refractivity contribution is 0.0505. The second-order valence-electron chi connectivity index (χ2n) is 4.82. The van der Waals surface area contributed by atoms with E-state index in [4.69, 9.17) is 9.47 Å². The molecule has 0 aromatic heterocycles. The monoisotopic (exact) mass is 263 g/mol. The van der Waals surface area contributed by atoms with E-state index in [-0.39, 0.29) is 5.97 Å². The van der Waals surface area contributed by atoms with Gasteiger partial charge in [0.05, 0.1) is 18.8 Å². The van der Waals surface area contributed by atoms with Gasteiger partial charge in [-0.25, -0.2) is 4.79 Å². The summed E-state index contributed by atoms with van der Waals surface area (Å²) in [5.74, 6) is 0.340. The van der Waals surface area contributed by atoms with Gasteiger partial charge >= 0.3 is 5.97 Å². The van der Waals surface area contributed by atoms with Gasteiger partial charge in [0, 0.05) is 24.8 Å². The van der Waals surface area contributed by atoms with E-state index < -0.39 is 0 Å². The van der Waals surface area contributed by atoms with Crippen molar-refractivity contribution in [1.82, 2.24) is 0 Å². The number of ether oxygens (including phenoxy) is 2. The molecular weight excluding hydrogens is 242 g/mol. The first-order valence-electron chi connectivity index (χ1n) is 6.88. The Labute approximate surface area is 114 Å². The molecule has 104 valence electrons. The van der Waals surface area contributed by atoms with Gasteiger partial charge in [0.2, 0.25) is 0 Å². The van der Waals surface area contributed by atoms with Gasteiger partial charge in [0.1, 0.15) is 0 Å². The molecule has 4 heteroatoms. The number of hydrogen-bond donors (Lipinski definition) is 1. The summed E-state index contributed by atoms with van der Waals surface area (Å²) in [7, 11) is 0. The average Bonchev–Trinajstić information content (AvgIpc) is 2.96. The van der Waals surface area contributed by atoms with E-state index in [2.05, 4.69) is 5.32 Å².